The number of H-pyrrole nitrogens is 1. The largest absolute Gasteiger partial charge is 0.361 e. The molecule has 1 fully saturated rings. The molecule has 1 aliphatic rings. The average Bonchev–Trinajstić information content (AvgIpc) is 3.14. The Labute approximate surface area is 184 Å². The topological polar surface area (TPSA) is 111 Å². The molecular formula is C23H35N7O. The van der Waals surface area contributed by atoms with Gasteiger partial charge in [-0.2, -0.15) is 0 Å². The fourth-order valence-electron chi connectivity index (χ4n) is 4.24. The second-order valence-corrected chi connectivity index (χ2v) is 8.64. The lowest BCUT2D eigenvalue weighted by Gasteiger charge is -2.43. The summed E-state index contributed by atoms with van der Waals surface area (Å²) in [5.74, 6) is -0.654. The number of amides is 1. The molecule has 1 aromatic carbocycles. The number of hydrogen-bond donors (Lipinski definition) is 5. The third-order valence-electron chi connectivity index (χ3n) is 6.26. The zero-order chi connectivity index (χ0) is 22.5. The Balaban J connectivity index is 1.58. The standard InChI is InChI=1S/C23H35N7O/c1-5-8-18(11-17-12-26-20-10-7-6-9-19(17)20)27-22(31)21(24)28-23(25)30-13-15(2)29(4)16(3)14-30/h6-7,9-10,12,15-16,18,26H,5,8,11,13-14H2,1-4H3,(H,27,31)(H3,24,25,28)/t15-,16+,18?. The molecule has 0 radical (unpaired) electrons. The van der Waals surface area contributed by atoms with E-state index in [1.807, 2.05) is 29.3 Å². The number of aromatic amines is 1. The number of benzene rings is 1. The van der Waals surface area contributed by atoms with Crippen molar-refractivity contribution in [1.29, 1.82) is 10.8 Å². The molecule has 8 nitrogen and oxygen atoms in total. The maximum absolute atomic E-state index is 12.7. The van der Waals surface area contributed by atoms with E-state index in [4.69, 9.17) is 10.8 Å². The Morgan fingerprint density at radius 1 is 1.23 bits per heavy atom. The number of piperazine rings is 1. The van der Waals surface area contributed by atoms with E-state index in [1.165, 1.54) is 0 Å². The number of rotatable bonds is 5. The number of para-hydroxylation sites is 1. The molecule has 1 saturated heterocycles. The third kappa shape index (κ3) is 5.44. The SMILES string of the molecule is CCCC(Cc1c[nH]c2ccccc12)NC(=O)C(=N)NC(=N)N1C[C@@H](C)N(C)[C@@H](C)C1. The van der Waals surface area contributed by atoms with Crippen LogP contribution in [0.2, 0.25) is 0 Å². The summed E-state index contributed by atoms with van der Waals surface area (Å²) in [6, 6.07) is 8.66. The molecule has 0 spiro atoms. The monoisotopic (exact) mass is 425 g/mol. The van der Waals surface area contributed by atoms with Gasteiger partial charge in [0.25, 0.3) is 5.91 Å². The van der Waals surface area contributed by atoms with Gasteiger partial charge in [0.05, 0.1) is 0 Å². The summed E-state index contributed by atoms with van der Waals surface area (Å²) >= 11 is 0. The van der Waals surface area contributed by atoms with Crippen LogP contribution in [0.15, 0.2) is 30.5 Å². The van der Waals surface area contributed by atoms with Gasteiger partial charge in [-0.05, 0) is 45.4 Å². The summed E-state index contributed by atoms with van der Waals surface area (Å²) in [7, 11) is 2.08. The number of fused-ring (bicyclic) bond motifs is 1. The first-order valence-corrected chi connectivity index (χ1v) is 11.1. The van der Waals surface area contributed by atoms with Gasteiger partial charge in [-0.1, -0.05) is 31.5 Å². The minimum atomic E-state index is -0.474. The van der Waals surface area contributed by atoms with Gasteiger partial charge in [0, 0.05) is 48.3 Å². The lowest BCUT2D eigenvalue weighted by Crippen LogP contribution is -2.60. The van der Waals surface area contributed by atoms with Gasteiger partial charge in [0.1, 0.15) is 0 Å². The molecule has 0 aliphatic carbocycles. The molecule has 3 rings (SSSR count). The summed E-state index contributed by atoms with van der Waals surface area (Å²) in [6.45, 7) is 7.71. The van der Waals surface area contributed by atoms with Crippen LogP contribution >= 0.6 is 0 Å². The van der Waals surface area contributed by atoms with Crippen LogP contribution in [0.25, 0.3) is 10.9 Å². The number of amidine groups is 1. The molecular weight excluding hydrogens is 390 g/mol. The number of guanidine groups is 1. The van der Waals surface area contributed by atoms with Crippen molar-refractivity contribution in [3.05, 3.63) is 36.0 Å². The van der Waals surface area contributed by atoms with Crippen LogP contribution in [0.5, 0.6) is 0 Å². The van der Waals surface area contributed by atoms with Crippen LogP contribution < -0.4 is 10.6 Å². The van der Waals surface area contributed by atoms with Crippen LogP contribution in [-0.4, -0.2) is 70.7 Å². The first-order chi connectivity index (χ1) is 14.8. The Morgan fingerprint density at radius 3 is 2.58 bits per heavy atom. The summed E-state index contributed by atoms with van der Waals surface area (Å²) in [5.41, 5.74) is 2.24. The van der Waals surface area contributed by atoms with E-state index in [1.54, 1.807) is 0 Å². The molecule has 1 unspecified atom stereocenters. The molecule has 2 heterocycles. The number of carbonyl (C=O) groups is 1. The molecule has 5 N–H and O–H groups in total. The van der Waals surface area contributed by atoms with Crippen molar-refractivity contribution in [2.24, 2.45) is 0 Å². The van der Waals surface area contributed by atoms with E-state index in [2.05, 4.69) is 54.4 Å². The minimum absolute atomic E-state index is 0.0725. The highest BCUT2D eigenvalue weighted by Gasteiger charge is 2.29. The van der Waals surface area contributed by atoms with E-state index in [0.717, 1.165) is 29.3 Å². The number of nitrogens with zero attached hydrogens (tertiary/aromatic N) is 2. The molecule has 0 bridgehead atoms. The second-order valence-electron chi connectivity index (χ2n) is 8.64. The van der Waals surface area contributed by atoms with Crippen LogP contribution in [0.3, 0.4) is 0 Å². The maximum Gasteiger partial charge on any atom is 0.286 e. The van der Waals surface area contributed by atoms with Crippen molar-refractivity contribution in [2.75, 3.05) is 20.1 Å². The van der Waals surface area contributed by atoms with Gasteiger partial charge in [0.2, 0.25) is 0 Å². The molecule has 0 saturated carbocycles. The molecule has 3 atom stereocenters. The molecule has 31 heavy (non-hydrogen) atoms. The number of hydrogen-bond acceptors (Lipinski definition) is 4. The zero-order valence-electron chi connectivity index (χ0n) is 19.0. The summed E-state index contributed by atoms with van der Waals surface area (Å²) in [5, 5.41) is 23.4. The molecule has 1 aromatic heterocycles. The van der Waals surface area contributed by atoms with Gasteiger partial charge in [0.15, 0.2) is 11.8 Å². The molecule has 2 aromatic rings. The van der Waals surface area contributed by atoms with Gasteiger partial charge < -0.3 is 20.5 Å². The van der Waals surface area contributed by atoms with Crippen molar-refractivity contribution >= 4 is 28.6 Å². The number of likely N-dealkylation sites (N-methyl/N-ethyl adjacent to an activating group) is 1. The van der Waals surface area contributed by atoms with E-state index < -0.39 is 5.91 Å². The van der Waals surface area contributed by atoms with E-state index in [9.17, 15) is 4.79 Å². The van der Waals surface area contributed by atoms with E-state index in [-0.39, 0.29) is 17.8 Å². The van der Waals surface area contributed by atoms with Gasteiger partial charge in [-0.25, -0.2) is 0 Å². The lowest BCUT2D eigenvalue weighted by atomic mass is 10.0. The highest BCUT2D eigenvalue weighted by atomic mass is 16.2. The van der Waals surface area contributed by atoms with Crippen LogP contribution in [0, 0.1) is 10.8 Å². The predicted molar refractivity (Wildman–Crippen MR) is 126 cm³/mol. The van der Waals surface area contributed by atoms with Crippen molar-refractivity contribution < 1.29 is 4.79 Å². The minimum Gasteiger partial charge on any atom is -0.361 e. The second kappa shape index (κ2) is 9.96. The summed E-state index contributed by atoms with van der Waals surface area (Å²) < 4.78 is 0. The van der Waals surface area contributed by atoms with Crippen LogP contribution in [-0.2, 0) is 11.2 Å². The quantitative estimate of drug-likeness (QED) is 0.374. The van der Waals surface area contributed by atoms with Crippen molar-refractivity contribution in [3.63, 3.8) is 0 Å². The number of aromatic nitrogens is 1. The van der Waals surface area contributed by atoms with Gasteiger partial charge in [-0.15, -0.1) is 0 Å². The van der Waals surface area contributed by atoms with Crippen LogP contribution in [0.4, 0.5) is 0 Å². The Bertz CT molecular complexity index is 925. The Morgan fingerprint density at radius 2 is 1.90 bits per heavy atom. The van der Waals surface area contributed by atoms with E-state index >= 15 is 0 Å². The average molecular weight is 426 g/mol. The number of carbonyl (C=O) groups excluding carboxylic acids is 1. The summed E-state index contributed by atoms with van der Waals surface area (Å²) in [4.78, 5) is 20.1. The summed E-state index contributed by atoms with van der Waals surface area (Å²) in [6.07, 6.45) is 4.45. The van der Waals surface area contributed by atoms with Gasteiger partial charge in [-0.3, -0.25) is 20.5 Å². The third-order valence-corrected chi connectivity index (χ3v) is 6.26. The van der Waals surface area contributed by atoms with Crippen LogP contribution in [0.1, 0.15) is 39.2 Å². The highest BCUT2D eigenvalue weighted by Crippen LogP contribution is 2.20. The van der Waals surface area contributed by atoms with Crippen molar-refractivity contribution in [2.45, 2.75) is 58.2 Å². The van der Waals surface area contributed by atoms with Crippen molar-refractivity contribution in [3.8, 4) is 0 Å². The molecule has 1 aliphatic heterocycles. The molecule has 168 valence electrons. The van der Waals surface area contributed by atoms with Gasteiger partial charge >= 0.3 is 0 Å². The Hall–Kier alpha value is -2.87. The first kappa shape index (κ1) is 22.8. The molecule has 1 amide bonds. The highest BCUT2D eigenvalue weighted by molar-refractivity contribution is 6.39. The maximum atomic E-state index is 12.7. The first-order valence-electron chi connectivity index (χ1n) is 11.1. The normalized spacial score (nSPS) is 20.5. The fraction of sp³-hybridized carbons (Fsp3) is 0.522. The Kier molecular flexibility index (Phi) is 7.33. The smallest absolute Gasteiger partial charge is 0.286 e. The zero-order valence-corrected chi connectivity index (χ0v) is 19.0. The number of nitrogens with one attached hydrogen (secondary N) is 5. The lowest BCUT2D eigenvalue weighted by molar-refractivity contribution is -0.115. The predicted octanol–water partition coefficient (Wildman–Crippen LogP) is 2.52. The van der Waals surface area contributed by atoms with E-state index in [0.29, 0.717) is 31.6 Å². The fourth-order valence-corrected chi connectivity index (χ4v) is 4.24. The van der Waals surface area contributed by atoms with Crippen molar-refractivity contribution in [1.82, 2.24) is 25.4 Å². The molecule has 8 heteroatoms.